The van der Waals surface area contributed by atoms with Crippen molar-refractivity contribution in [3.8, 4) is 0 Å². The Kier molecular flexibility index (Phi) is 7.50. The summed E-state index contributed by atoms with van der Waals surface area (Å²) in [5.41, 5.74) is 8.56. The third-order valence-corrected chi connectivity index (χ3v) is 4.17. The van der Waals surface area contributed by atoms with Crippen LogP contribution in [0.2, 0.25) is 5.02 Å². The van der Waals surface area contributed by atoms with Crippen LogP contribution in [0.25, 0.3) is 0 Å². The number of anilines is 1. The Bertz CT molecular complexity index is 434. The van der Waals surface area contributed by atoms with Crippen LogP contribution in [-0.4, -0.2) is 44.2 Å². The molecular weight excluding hydrogens is 282 g/mol. The van der Waals surface area contributed by atoms with Crippen molar-refractivity contribution in [2.24, 2.45) is 5.73 Å². The van der Waals surface area contributed by atoms with E-state index in [9.17, 15) is 0 Å². The number of hydrogen-bond donors (Lipinski definition) is 1. The molecule has 4 heteroatoms. The summed E-state index contributed by atoms with van der Waals surface area (Å²) < 4.78 is 0. The standard InChI is InChI=1S/C17H30ClN3/c1-6-15(19)11-14-9-8-10-16(18)17(14)21(7-2)13(3)12-20(4)5/h8-10,13,15H,6-7,11-12,19H2,1-5H3. The van der Waals surface area contributed by atoms with E-state index in [-0.39, 0.29) is 6.04 Å². The fourth-order valence-corrected chi connectivity index (χ4v) is 3.09. The van der Waals surface area contributed by atoms with E-state index >= 15 is 0 Å². The predicted octanol–water partition coefficient (Wildman–Crippen LogP) is 3.40. The zero-order valence-electron chi connectivity index (χ0n) is 14.1. The summed E-state index contributed by atoms with van der Waals surface area (Å²) in [5.74, 6) is 0. The monoisotopic (exact) mass is 311 g/mol. The zero-order valence-corrected chi connectivity index (χ0v) is 14.8. The van der Waals surface area contributed by atoms with E-state index in [2.05, 4.69) is 50.7 Å². The summed E-state index contributed by atoms with van der Waals surface area (Å²) in [5, 5.41) is 0.822. The third kappa shape index (κ3) is 5.17. The van der Waals surface area contributed by atoms with Crippen LogP contribution in [-0.2, 0) is 6.42 Å². The van der Waals surface area contributed by atoms with Crippen LogP contribution in [0.5, 0.6) is 0 Å². The first-order valence-electron chi connectivity index (χ1n) is 7.84. The van der Waals surface area contributed by atoms with Crippen molar-refractivity contribution in [2.75, 3.05) is 32.1 Å². The van der Waals surface area contributed by atoms with E-state index in [4.69, 9.17) is 17.3 Å². The van der Waals surface area contributed by atoms with Gasteiger partial charge in [0.05, 0.1) is 10.7 Å². The highest BCUT2D eigenvalue weighted by molar-refractivity contribution is 6.33. The molecule has 0 aliphatic heterocycles. The molecule has 1 rings (SSSR count). The van der Waals surface area contributed by atoms with Gasteiger partial charge >= 0.3 is 0 Å². The van der Waals surface area contributed by atoms with Crippen molar-refractivity contribution >= 4 is 17.3 Å². The first-order chi connectivity index (χ1) is 9.90. The van der Waals surface area contributed by atoms with Crippen molar-refractivity contribution < 1.29 is 0 Å². The molecule has 0 heterocycles. The number of hydrogen-bond acceptors (Lipinski definition) is 3. The number of likely N-dealkylation sites (N-methyl/N-ethyl adjacent to an activating group) is 2. The highest BCUT2D eigenvalue weighted by atomic mass is 35.5. The number of para-hydroxylation sites is 1. The minimum absolute atomic E-state index is 0.185. The molecule has 3 nitrogen and oxygen atoms in total. The van der Waals surface area contributed by atoms with Gasteiger partial charge in [-0.2, -0.15) is 0 Å². The molecule has 0 aliphatic carbocycles. The molecule has 0 bridgehead atoms. The highest BCUT2D eigenvalue weighted by Crippen LogP contribution is 2.32. The lowest BCUT2D eigenvalue weighted by Crippen LogP contribution is -2.41. The van der Waals surface area contributed by atoms with Crippen molar-refractivity contribution in [3.63, 3.8) is 0 Å². The summed E-state index contributed by atoms with van der Waals surface area (Å²) in [6, 6.07) is 6.74. The van der Waals surface area contributed by atoms with Gasteiger partial charge in [0, 0.05) is 25.2 Å². The number of benzene rings is 1. The summed E-state index contributed by atoms with van der Waals surface area (Å²) in [7, 11) is 4.20. The average molecular weight is 312 g/mol. The molecule has 1 aromatic carbocycles. The molecule has 0 saturated carbocycles. The highest BCUT2D eigenvalue weighted by Gasteiger charge is 2.20. The second-order valence-corrected chi connectivity index (χ2v) is 6.42. The van der Waals surface area contributed by atoms with Gasteiger partial charge < -0.3 is 15.5 Å². The van der Waals surface area contributed by atoms with Crippen molar-refractivity contribution in [3.05, 3.63) is 28.8 Å². The van der Waals surface area contributed by atoms with Crippen LogP contribution in [0.15, 0.2) is 18.2 Å². The first kappa shape index (κ1) is 18.3. The number of halogens is 1. The summed E-state index contributed by atoms with van der Waals surface area (Å²) >= 11 is 6.51. The Labute approximate surface area is 135 Å². The molecule has 0 spiro atoms. The van der Waals surface area contributed by atoms with Gasteiger partial charge in [0.1, 0.15) is 0 Å². The molecule has 1 aromatic rings. The molecule has 0 radical (unpaired) electrons. The first-order valence-corrected chi connectivity index (χ1v) is 8.22. The Hall–Kier alpha value is -0.770. The summed E-state index contributed by atoms with van der Waals surface area (Å²) in [6.45, 7) is 8.49. The Morgan fingerprint density at radius 1 is 1.24 bits per heavy atom. The quantitative estimate of drug-likeness (QED) is 0.798. The van der Waals surface area contributed by atoms with Crippen LogP contribution in [0.3, 0.4) is 0 Å². The third-order valence-electron chi connectivity index (χ3n) is 3.87. The van der Waals surface area contributed by atoms with E-state index in [1.54, 1.807) is 0 Å². The molecule has 0 amide bonds. The Morgan fingerprint density at radius 2 is 1.90 bits per heavy atom. The molecule has 21 heavy (non-hydrogen) atoms. The SMILES string of the molecule is CCC(N)Cc1cccc(Cl)c1N(CC)C(C)CN(C)C. The van der Waals surface area contributed by atoms with Crippen LogP contribution in [0, 0.1) is 0 Å². The van der Waals surface area contributed by atoms with E-state index in [0.29, 0.717) is 6.04 Å². The molecule has 120 valence electrons. The molecule has 2 atom stereocenters. The van der Waals surface area contributed by atoms with Gasteiger partial charge in [0.25, 0.3) is 0 Å². The molecule has 0 aliphatic rings. The van der Waals surface area contributed by atoms with E-state index in [1.807, 2.05) is 12.1 Å². The van der Waals surface area contributed by atoms with Gasteiger partial charge in [-0.15, -0.1) is 0 Å². The van der Waals surface area contributed by atoms with Gasteiger partial charge in [-0.05, 0) is 52.4 Å². The maximum Gasteiger partial charge on any atom is 0.0642 e. The van der Waals surface area contributed by atoms with Crippen LogP contribution < -0.4 is 10.6 Å². The maximum atomic E-state index is 6.51. The van der Waals surface area contributed by atoms with E-state index in [1.165, 1.54) is 5.56 Å². The molecule has 2 N–H and O–H groups in total. The Balaban J connectivity index is 3.12. The normalized spacial score (nSPS) is 14.3. The number of rotatable bonds is 8. The minimum atomic E-state index is 0.185. The predicted molar refractivity (Wildman–Crippen MR) is 94.5 cm³/mol. The fourth-order valence-electron chi connectivity index (χ4n) is 2.79. The lowest BCUT2D eigenvalue weighted by molar-refractivity contribution is 0.372. The fraction of sp³-hybridized carbons (Fsp3) is 0.647. The summed E-state index contributed by atoms with van der Waals surface area (Å²) in [4.78, 5) is 4.60. The lowest BCUT2D eigenvalue weighted by atomic mass is 10.0. The van der Waals surface area contributed by atoms with Gasteiger partial charge in [0.2, 0.25) is 0 Å². The van der Waals surface area contributed by atoms with Crippen molar-refractivity contribution in [2.45, 2.75) is 45.7 Å². The molecule has 0 aromatic heterocycles. The topological polar surface area (TPSA) is 32.5 Å². The van der Waals surface area contributed by atoms with Gasteiger partial charge in [-0.3, -0.25) is 0 Å². The maximum absolute atomic E-state index is 6.51. The van der Waals surface area contributed by atoms with Gasteiger partial charge in [0.15, 0.2) is 0 Å². The van der Waals surface area contributed by atoms with Gasteiger partial charge in [-0.1, -0.05) is 30.7 Å². The molecular formula is C17H30ClN3. The second kappa shape index (κ2) is 8.62. The van der Waals surface area contributed by atoms with Crippen molar-refractivity contribution in [1.29, 1.82) is 0 Å². The second-order valence-electron chi connectivity index (χ2n) is 6.02. The number of nitrogens with two attached hydrogens (primary N) is 1. The largest absolute Gasteiger partial charge is 0.366 e. The summed E-state index contributed by atoms with van der Waals surface area (Å²) in [6.07, 6.45) is 1.85. The van der Waals surface area contributed by atoms with E-state index < -0.39 is 0 Å². The lowest BCUT2D eigenvalue weighted by Gasteiger charge is -2.34. The van der Waals surface area contributed by atoms with Gasteiger partial charge in [-0.25, -0.2) is 0 Å². The average Bonchev–Trinajstić information content (AvgIpc) is 2.41. The van der Waals surface area contributed by atoms with Crippen LogP contribution >= 0.6 is 11.6 Å². The van der Waals surface area contributed by atoms with E-state index in [0.717, 1.165) is 36.6 Å². The molecule has 2 unspecified atom stereocenters. The minimum Gasteiger partial charge on any atom is -0.366 e. The van der Waals surface area contributed by atoms with Crippen molar-refractivity contribution in [1.82, 2.24) is 4.90 Å². The molecule has 0 fully saturated rings. The van der Waals surface area contributed by atoms with Crippen LogP contribution in [0.1, 0.15) is 32.8 Å². The molecule has 0 saturated heterocycles. The Morgan fingerprint density at radius 3 is 2.43 bits per heavy atom. The number of nitrogens with zero attached hydrogens (tertiary/aromatic N) is 2. The van der Waals surface area contributed by atoms with Crippen LogP contribution in [0.4, 0.5) is 5.69 Å². The smallest absolute Gasteiger partial charge is 0.0642 e. The zero-order chi connectivity index (χ0) is 16.0.